The van der Waals surface area contributed by atoms with Gasteiger partial charge in [-0.15, -0.1) is 0 Å². The monoisotopic (exact) mass is 369 g/mol. The van der Waals surface area contributed by atoms with Crippen LogP contribution in [-0.4, -0.2) is 24.6 Å². The fourth-order valence-electron chi connectivity index (χ4n) is 3.19. The molecule has 3 rings (SSSR count). The number of amides is 1. The molecule has 8 nitrogen and oxygen atoms in total. The molecule has 2 heterocycles. The van der Waals surface area contributed by atoms with E-state index in [1.807, 2.05) is 44.2 Å². The van der Waals surface area contributed by atoms with Crippen molar-refractivity contribution in [2.45, 2.75) is 26.4 Å². The highest BCUT2D eigenvalue weighted by Crippen LogP contribution is 2.21. The van der Waals surface area contributed by atoms with Crippen LogP contribution in [0.4, 0.5) is 0 Å². The minimum atomic E-state index is -0.567. The van der Waals surface area contributed by atoms with Gasteiger partial charge in [0.1, 0.15) is 6.54 Å². The highest BCUT2D eigenvalue weighted by molar-refractivity contribution is 5.77. The number of fused-ring (bicyclic) bond motifs is 1. The lowest BCUT2D eigenvalue weighted by molar-refractivity contribution is -0.122. The smallest absolute Gasteiger partial charge is 0.332 e. The first-order valence-electron chi connectivity index (χ1n) is 8.76. The van der Waals surface area contributed by atoms with Crippen molar-refractivity contribution in [2.24, 2.45) is 20.0 Å². The predicted octanol–water partition coefficient (Wildman–Crippen LogP) is 0.947. The molecule has 27 heavy (non-hydrogen) atoms. The maximum atomic E-state index is 12.7. The summed E-state index contributed by atoms with van der Waals surface area (Å²) in [5.41, 5.74) is 0.469. The molecule has 1 N–H and O–H groups in total. The molecule has 0 saturated carbocycles. The lowest BCUT2D eigenvalue weighted by Crippen LogP contribution is -2.44. The van der Waals surface area contributed by atoms with Crippen molar-refractivity contribution in [2.75, 3.05) is 0 Å². The molecule has 0 spiro atoms. The number of nitrogens with one attached hydrogen (secondary N) is 1. The molecule has 0 saturated heterocycles. The number of hydrogen-bond acceptors (Lipinski definition) is 4. The zero-order valence-electron chi connectivity index (χ0n) is 15.8. The molecular formula is C19H23N5O3. The van der Waals surface area contributed by atoms with E-state index >= 15 is 0 Å². The number of aromatic nitrogens is 4. The maximum Gasteiger partial charge on any atom is 0.332 e. The van der Waals surface area contributed by atoms with Crippen molar-refractivity contribution in [3.8, 4) is 0 Å². The Morgan fingerprint density at radius 2 is 1.81 bits per heavy atom. The minimum Gasteiger partial charge on any atom is -0.347 e. The van der Waals surface area contributed by atoms with Crippen molar-refractivity contribution in [1.29, 1.82) is 0 Å². The average molecular weight is 369 g/mol. The second-order valence-corrected chi connectivity index (χ2v) is 6.96. The third kappa shape index (κ3) is 3.42. The minimum absolute atomic E-state index is 0.149. The van der Waals surface area contributed by atoms with Gasteiger partial charge in [-0.2, -0.15) is 0 Å². The summed E-state index contributed by atoms with van der Waals surface area (Å²) >= 11 is 0. The van der Waals surface area contributed by atoms with Gasteiger partial charge in [-0.25, -0.2) is 14.3 Å². The molecule has 1 atom stereocenters. The van der Waals surface area contributed by atoms with E-state index < -0.39 is 17.2 Å². The zero-order valence-corrected chi connectivity index (χ0v) is 15.8. The van der Waals surface area contributed by atoms with E-state index in [1.54, 1.807) is 11.6 Å². The quantitative estimate of drug-likeness (QED) is 0.725. The maximum absolute atomic E-state index is 12.7. The lowest BCUT2D eigenvalue weighted by Gasteiger charge is -2.23. The summed E-state index contributed by atoms with van der Waals surface area (Å²) in [6, 6.07) is 9.41. The number of carbonyl (C=O) groups excluding carboxylic acids is 1. The Bertz CT molecular complexity index is 1090. The van der Waals surface area contributed by atoms with Gasteiger partial charge in [0.05, 0.1) is 12.4 Å². The third-order valence-electron chi connectivity index (χ3n) is 4.64. The van der Waals surface area contributed by atoms with Gasteiger partial charge >= 0.3 is 5.69 Å². The van der Waals surface area contributed by atoms with Gasteiger partial charge in [-0.3, -0.25) is 14.2 Å². The van der Waals surface area contributed by atoms with E-state index in [1.165, 1.54) is 17.9 Å². The lowest BCUT2D eigenvalue weighted by atomic mass is 9.96. The SMILES string of the molecule is CC(C)[C@H](NC(=O)Cn1c(=O)c2c(ncn2C)n(C)c1=O)c1ccccc1. The molecule has 0 aliphatic carbocycles. The first-order chi connectivity index (χ1) is 12.8. The van der Waals surface area contributed by atoms with E-state index in [0.29, 0.717) is 5.65 Å². The fourth-order valence-corrected chi connectivity index (χ4v) is 3.19. The number of benzene rings is 1. The van der Waals surface area contributed by atoms with Crippen molar-refractivity contribution in [3.63, 3.8) is 0 Å². The molecule has 0 bridgehead atoms. The molecular weight excluding hydrogens is 346 g/mol. The summed E-state index contributed by atoms with van der Waals surface area (Å²) in [6.45, 7) is 3.67. The Labute approximate surface area is 156 Å². The molecule has 2 aromatic heterocycles. The second-order valence-electron chi connectivity index (χ2n) is 6.96. The highest BCUT2D eigenvalue weighted by atomic mass is 16.2. The van der Waals surface area contributed by atoms with Crippen LogP contribution < -0.4 is 16.6 Å². The first kappa shape index (κ1) is 18.6. The number of nitrogens with zero attached hydrogens (tertiary/aromatic N) is 4. The van der Waals surface area contributed by atoms with Gasteiger partial charge in [0.2, 0.25) is 5.91 Å². The molecule has 1 amide bonds. The van der Waals surface area contributed by atoms with Gasteiger partial charge < -0.3 is 9.88 Å². The summed E-state index contributed by atoms with van der Waals surface area (Å²) < 4.78 is 3.77. The Balaban J connectivity index is 1.93. The standard InChI is InChI=1S/C19H23N5O3/c1-12(2)15(13-8-6-5-7-9-13)21-14(25)10-24-18(26)16-17(20-11-22(16)3)23(4)19(24)27/h5-9,11-12,15H,10H2,1-4H3,(H,21,25)/t15-/m0/s1. The fraction of sp³-hybridized carbons (Fsp3) is 0.368. The average Bonchev–Trinajstić information content (AvgIpc) is 3.04. The van der Waals surface area contributed by atoms with Crippen LogP contribution in [0.3, 0.4) is 0 Å². The van der Waals surface area contributed by atoms with Crippen LogP contribution in [0, 0.1) is 5.92 Å². The molecule has 0 unspecified atom stereocenters. The summed E-state index contributed by atoms with van der Waals surface area (Å²) in [5.74, 6) is -0.242. The van der Waals surface area contributed by atoms with Gasteiger partial charge in [-0.05, 0) is 11.5 Å². The highest BCUT2D eigenvalue weighted by Gasteiger charge is 2.21. The van der Waals surface area contributed by atoms with Crippen molar-refractivity contribution in [3.05, 3.63) is 63.1 Å². The third-order valence-corrected chi connectivity index (χ3v) is 4.64. The van der Waals surface area contributed by atoms with Crippen LogP contribution in [0.1, 0.15) is 25.5 Å². The molecule has 3 aromatic rings. The van der Waals surface area contributed by atoms with Crippen LogP contribution in [0.15, 0.2) is 46.2 Å². The van der Waals surface area contributed by atoms with Crippen LogP contribution in [0.2, 0.25) is 0 Å². The number of imidazole rings is 1. The van der Waals surface area contributed by atoms with E-state index in [2.05, 4.69) is 10.3 Å². The molecule has 0 aliphatic rings. The zero-order chi connectivity index (χ0) is 19.7. The Morgan fingerprint density at radius 1 is 1.15 bits per heavy atom. The summed E-state index contributed by atoms with van der Waals surface area (Å²) in [6.07, 6.45) is 1.47. The van der Waals surface area contributed by atoms with E-state index in [-0.39, 0.29) is 24.0 Å². The molecule has 0 aliphatic heterocycles. The van der Waals surface area contributed by atoms with Gasteiger partial charge in [-0.1, -0.05) is 44.2 Å². The summed E-state index contributed by atoms with van der Waals surface area (Å²) in [5, 5.41) is 2.94. The van der Waals surface area contributed by atoms with Crippen molar-refractivity contribution in [1.82, 2.24) is 24.0 Å². The molecule has 142 valence electrons. The largest absolute Gasteiger partial charge is 0.347 e. The van der Waals surface area contributed by atoms with Crippen molar-refractivity contribution >= 4 is 17.1 Å². The first-order valence-corrected chi connectivity index (χ1v) is 8.76. The van der Waals surface area contributed by atoms with Gasteiger partial charge in [0.25, 0.3) is 5.56 Å². The van der Waals surface area contributed by atoms with Gasteiger partial charge in [0.15, 0.2) is 11.2 Å². The van der Waals surface area contributed by atoms with E-state index in [0.717, 1.165) is 10.1 Å². The Hall–Kier alpha value is -3.16. The molecule has 0 fully saturated rings. The van der Waals surface area contributed by atoms with Crippen LogP contribution in [-0.2, 0) is 25.4 Å². The number of hydrogen-bond donors (Lipinski definition) is 1. The van der Waals surface area contributed by atoms with Crippen LogP contribution in [0.5, 0.6) is 0 Å². The summed E-state index contributed by atoms with van der Waals surface area (Å²) in [7, 11) is 3.21. The van der Waals surface area contributed by atoms with Crippen molar-refractivity contribution < 1.29 is 4.79 Å². The van der Waals surface area contributed by atoms with Gasteiger partial charge in [0, 0.05) is 14.1 Å². The Morgan fingerprint density at radius 3 is 2.44 bits per heavy atom. The molecule has 1 aromatic carbocycles. The van der Waals surface area contributed by atoms with E-state index in [9.17, 15) is 14.4 Å². The van der Waals surface area contributed by atoms with Crippen LogP contribution >= 0.6 is 0 Å². The molecule has 8 heteroatoms. The topological polar surface area (TPSA) is 90.9 Å². The Kier molecular flexibility index (Phi) is 4.98. The summed E-state index contributed by atoms with van der Waals surface area (Å²) in [4.78, 5) is 42.0. The second kappa shape index (κ2) is 7.22. The van der Waals surface area contributed by atoms with E-state index in [4.69, 9.17) is 0 Å². The number of carbonyl (C=O) groups is 1. The van der Waals surface area contributed by atoms with Crippen LogP contribution in [0.25, 0.3) is 11.2 Å². The number of rotatable bonds is 5. The molecule has 0 radical (unpaired) electrons. The predicted molar refractivity (Wildman–Crippen MR) is 102 cm³/mol. The number of aryl methyl sites for hydroxylation is 2. The normalized spacial score (nSPS) is 12.5.